The molecule has 0 fully saturated rings. The van der Waals surface area contributed by atoms with Crippen molar-refractivity contribution in [3.63, 3.8) is 0 Å². The van der Waals surface area contributed by atoms with Crippen molar-refractivity contribution < 1.29 is 24.9 Å². The molecule has 0 aliphatic heterocycles. The number of phenolic OH excluding ortho intramolecular Hbond substituents is 2. The van der Waals surface area contributed by atoms with Crippen LogP contribution in [0, 0.1) is 0 Å². The zero-order valence-corrected chi connectivity index (χ0v) is 21.7. The van der Waals surface area contributed by atoms with Crippen LogP contribution in [0.2, 0.25) is 0 Å². The molecular weight excluding hydrogens is 494 g/mol. The number of hydrogen-bond acceptors (Lipinski definition) is 6. The van der Waals surface area contributed by atoms with E-state index in [1.54, 1.807) is 24.3 Å². The number of aromatic hydroxyl groups is 2. The minimum atomic E-state index is -0.815. The van der Waals surface area contributed by atoms with Gasteiger partial charge in [0.1, 0.15) is 11.5 Å². The Hall–Kier alpha value is -4.40. The number of amides is 2. The number of carbonyl (C=O) groups excluding carboxylic acids is 2. The normalized spacial score (nSPS) is 12.6. The third kappa shape index (κ3) is 7.80. The average molecular weight is 528 g/mol. The van der Waals surface area contributed by atoms with Gasteiger partial charge in [0.15, 0.2) is 0 Å². The number of nitrogens with one attached hydrogen (secondary N) is 3. The van der Waals surface area contributed by atoms with Crippen molar-refractivity contribution in [1.82, 2.24) is 10.6 Å². The first-order valence-electron chi connectivity index (χ1n) is 12.8. The summed E-state index contributed by atoms with van der Waals surface area (Å²) >= 11 is 0. The molecule has 4 rings (SSSR count). The molecule has 0 saturated carbocycles. The highest BCUT2D eigenvalue weighted by atomic mass is 16.3. The summed E-state index contributed by atoms with van der Waals surface area (Å²) in [7, 11) is 0. The zero-order valence-electron chi connectivity index (χ0n) is 21.7. The molecule has 4 aromatic carbocycles. The number of carbonyl (C=O) groups is 2. The summed E-state index contributed by atoms with van der Waals surface area (Å²) in [6, 6.07) is 23.7. The van der Waals surface area contributed by atoms with E-state index in [1.807, 2.05) is 55.5 Å². The van der Waals surface area contributed by atoms with Crippen molar-refractivity contribution in [3.8, 4) is 11.5 Å². The van der Waals surface area contributed by atoms with Crippen LogP contribution in [-0.2, 0) is 29.0 Å². The quantitative estimate of drug-likeness (QED) is 0.122. The van der Waals surface area contributed by atoms with E-state index in [4.69, 9.17) is 0 Å². The number of aliphatic hydroxyl groups excluding tert-OH is 1. The van der Waals surface area contributed by atoms with E-state index in [2.05, 4.69) is 16.0 Å². The predicted octanol–water partition coefficient (Wildman–Crippen LogP) is 3.93. The van der Waals surface area contributed by atoms with Gasteiger partial charge >= 0.3 is 0 Å². The maximum absolute atomic E-state index is 12.6. The SMILES string of the molecule is C[C@H](Cc1cccc(CC(=O)NCc2ccc3cc(O)ccc3c2)c1)NC[C@@H](O)c1ccc(O)c(NC=O)c1. The molecule has 0 spiro atoms. The van der Waals surface area contributed by atoms with Gasteiger partial charge in [-0.2, -0.15) is 0 Å². The molecular formula is C31H33N3O5. The van der Waals surface area contributed by atoms with Gasteiger partial charge < -0.3 is 31.3 Å². The van der Waals surface area contributed by atoms with Gasteiger partial charge in [-0.15, -0.1) is 0 Å². The fourth-order valence-corrected chi connectivity index (χ4v) is 4.50. The minimum Gasteiger partial charge on any atom is -0.508 e. The van der Waals surface area contributed by atoms with Crippen molar-refractivity contribution in [3.05, 3.63) is 101 Å². The number of phenols is 2. The van der Waals surface area contributed by atoms with Gasteiger partial charge in [0.05, 0.1) is 18.2 Å². The molecule has 4 aromatic rings. The lowest BCUT2D eigenvalue weighted by Gasteiger charge is -2.18. The van der Waals surface area contributed by atoms with E-state index >= 15 is 0 Å². The van der Waals surface area contributed by atoms with Gasteiger partial charge in [-0.25, -0.2) is 0 Å². The predicted molar refractivity (Wildman–Crippen MR) is 152 cm³/mol. The first-order valence-corrected chi connectivity index (χ1v) is 12.8. The Balaban J connectivity index is 1.26. The van der Waals surface area contributed by atoms with Crippen LogP contribution in [0.5, 0.6) is 11.5 Å². The Morgan fingerprint density at radius 3 is 2.49 bits per heavy atom. The average Bonchev–Trinajstić information content (AvgIpc) is 2.92. The Morgan fingerprint density at radius 1 is 0.897 bits per heavy atom. The van der Waals surface area contributed by atoms with Crippen molar-refractivity contribution in [2.45, 2.75) is 38.5 Å². The summed E-state index contributed by atoms with van der Waals surface area (Å²) in [5.41, 5.74) is 3.81. The Labute approximate surface area is 227 Å². The zero-order chi connectivity index (χ0) is 27.8. The fraction of sp³-hybridized carbons (Fsp3) is 0.226. The van der Waals surface area contributed by atoms with Crippen LogP contribution in [0.15, 0.2) is 78.9 Å². The largest absolute Gasteiger partial charge is 0.508 e. The topological polar surface area (TPSA) is 131 Å². The van der Waals surface area contributed by atoms with E-state index in [0.29, 0.717) is 31.5 Å². The monoisotopic (exact) mass is 527 g/mol. The highest BCUT2D eigenvalue weighted by Gasteiger charge is 2.13. The number of benzene rings is 4. The molecule has 0 heterocycles. The van der Waals surface area contributed by atoms with Crippen LogP contribution in [-0.4, -0.2) is 40.2 Å². The number of rotatable bonds is 12. The van der Waals surface area contributed by atoms with Crippen molar-refractivity contribution in [2.75, 3.05) is 11.9 Å². The van der Waals surface area contributed by atoms with Crippen molar-refractivity contribution in [2.24, 2.45) is 0 Å². The smallest absolute Gasteiger partial charge is 0.224 e. The molecule has 0 radical (unpaired) electrons. The van der Waals surface area contributed by atoms with E-state index in [1.165, 1.54) is 6.07 Å². The highest BCUT2D eigenvalue weighted by Crippen LogP contribution is 2.26. The molecule has 2 atom stereocenters. The van der Waals surface area contributed by atoms with Gasteiger partial charge in [-0.3, -0.25) is 9.59 Å². The number of fused-ring (bicyclic) bond motifs is 1. The molecule has 2 amide bonds. The number of hydrogen-bond donors (Lipinski definition) is 6. The fourth-order valence-electron chi connectivity index (χ4n) is 4.50. The van der Waals surface area contributed by atoms with Gasteiger partial charge in [-0.1, -0.05) is 48.5 Å². The molecule has 6 N–H and O–H groups in total. The van der Waals surface area contributed by atoms with E-state index in [9.17, 15) is 24.9 Å². The summed E-state index contributed by atoms with van der Waals surface area (Å²) in [5.74, 6) is 0.0963. The third-order valence-corrected chi connectivity index (χ3v) is 6.56. The second-order valence-electron chi connectivity index (χ2n) is 9.71. The lowest BCUT2D eigenvalue weighted by Crippen LogP contribution is -2.32. The summed E-state index contributed by atoms with van der Waals surface area (Å²) < 4.78 is 0. The highest BCUT2D eigenvalue weighted by molar-refractivity contribution is 5.84. The maximum atomic E-state index is 12.6. The molecule has 202 valence electrons. The Bertz CT molecular complexity index is 1460. The molecule has 8 heteroatoms. The van der Waals surface area contributed by atoms with E-state index < -0.39 is 6.10 Å². The van der Waals surface area contributed by atoms with Crippen LogP contribution in [0.25, 0.3) is 10.8 Å². The summed E-state index contributed by atoms with van der Waals surface area (Å²) in [6.07, 6.45) is 0.642. The van der Waals surface area contributed by atoms with Crippen LogP contribution < -0.4 is 16.0 Å². The molecule has 0 aliphatic carbocycles. The van der Waals surface area contributed by atoms with Crippen molar-refractivity contribution >= 4 is 28.8 Å². The van der Waals surface area contributed by atoms with E-state index in [-0.39, 0.29) is 35.6 Å². The molecule has 0 bridgehead atoms. The minimum absolute atomic E-state index is 0.0585. The molecule has 39 heavy (non-hydrogen) atoms. The lowest BCUT2D eigenvalue weighted by molar-refractivity contribution is -0.120. The Kier molecular flexibility index (Phi) is 9.14. The third-order valence-electron chi connectivity index (χ3n) is 6.56. The summed E-state index contributed by atoms with van der Waals surface area (Å²) in [5, 5.41) is 40.6. The standard InChI is InChI=1S/C31H33N3O5/c1-20(32-18-30(38)26-8-10-29(37)28(16-26)34-19-35)11-21-3-2-4-22(12-21)14-31(39)33-17-23-5-6-25-15-27(36)9-7-24(25)13-23/h2-10,12-13,15-16,19-20,30,32,36-38H,11,14,17-18H2,1H3,(H,33,39)(H,34,35)/t20-,30-/m1/s1. The number of anilines is 1. The summed E-state index contributed by atoms with van der Waals surface area (Å²) in [4.78, 5) is 23.3. The van der Waals surface area contributed by atoms with Crippen LogP contribution in [0.1, 0.15) is 35.3 Å². The summed E-state index contributed by atoms with van der Waals surface area (Å²) in [6.45, 7) is 2.74. The van der Waals surface area contributed by atoms with Gasteiger partial charge in [0.25, 0.3) is 0 Å². The lowest BCUT2D eigenvalue weighted by atomic mass is 10.0. The second-order valence-corrected chi connectivity index (χ2v) is 9.71. The first-order chi connectivity index (χ1) is 18.8. The Morgan fingerprint density at radius 2 is 1.67 bits per heavy atom. The maximum Gasteiger partial charge on any atom is 0.224 e. The van der Waals surface area contributed by atoms with E-state index in [0.717, 1.165) is 27.5 Å². The second kappa shape index (κ2) is 12.9. The van der Waals surface area contributed by atoms with Gasteiger partial charge in [0, 0.05) is 19.1 Å². The molecule has 0 aliphatic rings. The van der Waals surface area contributed by atoms with Crippen LogP contribution >= 0.6 is 0 Å². The van der Waals surface area contributed by atoms with Gasteiger partial charge in [-0.05, 0) is 76.7 Å². The molecule has 0 aromatic heterocycles. The first kappa shape index (κ1) is 27.6. The molecule has 0 unspecified atom stereocenters. The van der Waals surface area contributed by atoms with Crippen molar-refractivity contribution in [1.29, 1.82) is 0 Å². The van der Waals surface area contributed by atoms with Crippen LogP contribution in [0.3, 0.4) is 0 Å². The van der Waals surface area contributed by atoms with Crippen LogP contribution in [0.4, 0.5) is 5.69 Å². The molecule has 0 saturated heterocycles. The van der Waals surface area contributed by atoms with Gasteiger partial charge in [0.2, 0.25) is 12.3 Å². The number of aliphatic hydroxyl groups is 1. The molecule has 8 nitrogen and oxygen atoms in total.